The van der Waals surface area contributed by atoms with Crippen molar-refractivity contribution >= 4 is 0 Å². The molecule has 0 amide bonds. The fourth-order valence-corrected chi connectivity index (χ4v) is 1.37. The summed E-state index contributed by atoms with van der Waals surface area (Å²) < 4.78 is 10.1. The van der Waals surface area contributed by atoms with E-state index in [1.807, 2.05) is 6.92 Å². The zero-order valence-electron chi connectivity index (χ0n) is 8.49. The maximum Gasteiger partial charge on any atom is 0.258 e. The number of hydrogen-bond donors (Lipinski definition) is 2. The largest absolute Gasteiger partial charge is 0.479 e. The minimum atomic E-state index is 0.106. The van der Waals surface area contributed by atoms with Crippen LogP contribution in [0, 0.1) is 0 Å². The molecule has 5 heteroatoms. The first-order valence-corrected chi connectivity index (χ1v) is 4.57. The smallest absolute Gasteiger partial charge is 0.258 e. The number of aromatic nitrogens is 1. The molecule has 0 fully saturated rings. The molecule has 0 radical (unpaired) electrons. The van der Waals surface area contributed by atoms with E-state index in [9.17, 15) is 0 Å². The van der Waals surface area contributed by atoms with Crippen LogP contribution in [0.2, 0.25) is 0 Å². The Balaban J connectivity index is 2.90. The topological polar surface area (TPSA) is 81.5 Å². The van der Waals surface area contributed by atoms with Crippen LogP contribution in [0.5, 0.6) is 5.88 Å². The highest BCUT2D eigenvalue weighted by atomic mass is 16.5. The lowest BCUT2D eigenvalue weighted by atomic mass is 10.0. The highest BCUT2D eigenvalue weighted by molar-refractivity contribution is 5.30. The van der Waals surface area contributed by atoms with E-state index in [0.29, 0.717) is 24.6 Å². The molecule has 1 rings (SSSR count). The summed E-state index contributed by atoms with van der Waals surface area (Å²) in [6, 6.07) is 0. The number of aliphatic hydroxyl groups excluding tert-OH is 1. The second-order valence-electron chi connectivity index (χ2n) is 3.15. The van der Waals surface area contributed by atoms with E-state index in [-0.39, 0.29) is 12.5 Å². The van der Waals surface area contributed by atoms with E-state index in [2.05, 4.69) is 5.16 Å². The van der Waals surface area contributed by atoms with Crippen molar-refractivity contribution in [3.05, 3.63) is 11.3 Å². The average Bonchev–Trinajstić information content (AvgIpc) is 2.60. The van der Waals surface area contributed by atoms with Crippen molar-refractivity contribution in [3.8, 4) is 5.88 Å². The molecule has 0 bridgehead atoms. The minimum Gasteiger partial charge on any atom is -0.479 e. The number of rotatable bonds is 5. The van der Waals surface area contributed by atoms with Crippen LogP contribution in [0.3, 0.4) is 0 Å². The van der Waals surface area contributed by atoms with Crippen molar-refractivity contribution in [2.45, 2.75) is 25.8 Å². The molecule has 14 heavy (non-hydrogen) atoms. The van der Waals surface area contributed by atoms with Crippen LogP contribution in [-0.2, 0) is 6.54 Å². The molecule has 1 heterocycles. The Morgan fingerprint density at radius 1 is 1.64 bits per heavy atom. The molecule has 5 nitrogen and oxygen atoms in total. The zero-order valence-corrected chi connectivity index (χ0v) is 8.49. The third kappa shape index (κ3) is 2.05. The molecule has 80 valence electrons. The van der Waals surface area contributed by atoms with Gasteiger partial charge in [0.05, 0.1) is 12.7 Å². The van der Waals surface area contributed by atoms with Gasteiger partial charge in [-0.2, -0.15) is 0 Å². The van der Waals surface area contributed by atoms with Crippen LogP contribution in [0.4, 0.5) is 0 Å². The van der Waals surface area contributed by atoms with Crippen LogP contribution in [0.25, 0.3) is 0 Å². The van der Waals surface area contributed by atoms with Crippen molar-refractivity contribution in [3.63, 3.8) is 0 Å². The second-order valence-corrected chi connectivity index (χ2v) is 3.15. The van der Waals surface area contributed by atoms with Gasteiger partial charge < -0.3 is 20.1 Å². The molecule has 3 N–H and O–H groups in total. The summed E-state index contributed by atoms with van der Waals surface area (Å²) in [5, 5.41) is 12.6. The van der Waals surface area contributed by atoms with Gasteiger partial charge in [0.1, 0.15) is 5.76 Å². The van der Waals surface area contributed by atoms with Crippen LogP contribution in [0.15, 0.2) is 4.52 Å². The van der Waals surface area contributed by atoms with E-state index in [4.69, 9.17) is 20.1 Å². The first-order chi connectivity index (χ1) is 6.74. The third-order valence-corrected chi connectivity index (χ3v) is 2.19. The Morgan fingerprint density at radius 3 is 2.86 bits per heavy atom. The molecule has 0 aliphatic heterocycles. The average molecular weight is 200 g/mol. The van der Waals surface area contributed by atoms with Gasteiger partial charge in [-0.25, -0.2) is 0 Å². The van der Waals surface area contributed by atoms with Gasteiger partial charge in [-0.3, -0.25) is 0 Å². The second kappa shape index (κ2) is 4.97. The molecule has 1 aromatic heterocycles. The maximum atomic E-state index is 8.80. The summed E-state index contributed by atoms with van der Waals surface area (Å²) in [5.41, 5.74) is 6.35. The standard InChI is InChI=1S/C9H16N2O3/c1-6(3-4-12)8-7(5-10)9(13-2)11-14-8/h6,12H,3-5,10H2,1-2H3. The van der Waals surface area contributed by atoms with Crippen LogP contribution in [0.1, 0.15) is 30.6 Å². The number of methoxy groups -OCH3 is 1. The number of hydrogen-bond acceptors (Lipinski definition) is 5. The third-order valence-electron chi connectivity index (χ3n) is 2.19. The molecule has 0 aliphatic rings. The van der Waals surface area contributed by atoms with Crippen LogP contribution >= 0.6 is 0 Å². The molecular formula is C9H16N2O3. The van der Waals surface area contributed by atoms with E-state index in [0.717, 1.165) is 5.56 Å². The quantitative estimate of drug-likeness (QED) is 0.728. The zero-order chi connectivity index (χ0) is 10.6. The van der Waals surface area contributed by atoms with Crippen molar-refractivity contribution in [2.24, 2.45) is 5.73 Å². The molecule has 0 aromatic carbocycles. The van der Waals surface area contributed by atoms with E-state index < -0.39 is 0 Å². The monoisotopic (exact) mass is 200 g/mol. The van der Waals surface area contributed by atoms with Gasteiger partial charge in [0.2, 0.25) is 0 Å². The molecular weight excluding hydrogens is 184 g/mol. The summed E-state index contributed by atoms with van der Waals surface area (Å²) >= 11 is 0. The van der Waals surface area contributed by atoms with Crippen molar-refractivity contribution in [2.75, 3.05) is 13.7 Å². The lowest BCUT2D eigenvalue weighted by Gasteiger charge is -2.06. The molecule has 1 atom stereocenters. The predicted molar refractivity (Wildman–Crippen MR) is 51.1 cm³/mol. The SMILES string of the molecule is COc1noc(C(C)CCO)c1CN. The Morgan fingerprint density at radius 2 is 2.36 bits per heavy atom. The van der Waals surface area contributed by atoms with Crippen molar-refractivity contribution in [1.82, 2.24) is 5.16 Å². The predicted octanol–water partition coefficient (Wildman–Crippen LogP) is 0.628. The molecule has 0 saturated heterocycles. The Bertz CT molecular complexity index is 286. The number of ether oxygens (including phenoxy) is 1. The van der Waals surface area contributed by atoms with Gasteiger partial charge in [0, 0.05) is 19.1 Å². The van der Waals surface area contributed by atoms with Gasteiger partial charge in [0.25, 0.3) is 5.88 Å². The van der Waals surface area contributed by atoms with Crippen LogP contribution in [-0.4, -0.2) is 24.0 Å². The number of nitrogens with two attached hydrogens (primary N) is 1. The van der Waals surface area contributed by atoms with Gasteiger partial charge in [0.15, 0.2) is 0 Å². The fourth-order valence-electron chi connectivity index (χ4n) is 1.37. The van der Waals surface area contributed by atoms with E-state index in [1.165, 1.54) is 7.11 Å². The minimum absolute atomic E-state index is 0.106. The summed E-state index contributed by atoms with van der Waals surface area (Å²) in [4.78, 5) is 0. The van der Waals surface area contributed by atoms with Gasteiger partial charge in [-0.15, -0.1) is 0 Å². The molecule has 0 saturated carbocycles. The lowest BCUT2D eigenvalue weighted by molar-refractivity contribution is 0.262. The van der Waals surface area contributed by atoms with E-state index in [1.54, 1.807) is 0 Å². The van der Waals surface area contributed by atoms with Crippen molar-refractivity contribution < 1.29 is 14.4 Å². The van der Waals surface area contributed by atoms with Gasteiger partial charge >= 0.3 is 0 Å². The number of aliphatic hydroxyl groups is 1. The Hall–Kier alpha value is -1.07. The summed E-state index contributed by atoms with van der Waals surface area (Å²) in [5.74, 6) is 1.25. The molecule has 0 aliphatic carbocycles. The van der Waals surface area contributed by atoms with E-state index >= 15 is 0 Å². The van der Waals surface area contributed by atoms with Gasteiger partial charge in [-0.05, 0) is 11.6 Å². The van der Waals surface area contributed by atoms with Crippen LogP contribution < -0.4 is 10.5 Å². The first-order valence-electron chi connectivity index (χ1n) is 4.57. The molecule has 1 unspecified atom stereocenters. The maximum absolute atomic E-state index is 8.80. The normalized spacial score (nSPS) is 12.9. The highest BCUT2D eigenvalue weighted by Crippen LogP contribution is 2.28. The van der Waals surface area contributed by atoms with Gasteiger partial charge in [-0.1, -0.05) is 6.92 Å². The Kier molecular flexibility index (Phi) is 3.91. The molecule has 0 spiro atoms. The first kappa shape index (κ1) is 11.0. The highest BCUT2D eigenvalue weighted by Gasteiger charge is 2.20. The Labute approximate surface area is 82.8 Å². The van der Waals surface area contributed by atoms with Crippen molar-refractivity contribution in [1.29, 1.82) is 0 Å². The summed E-state index contributed by atoms with van der Waals surface area (Å²) in [6.45, 7) is 2.40. The summed E-state index contributed by atoms with van der Waals surface area (Å²) in [6.07, 6.45) is 0.630. The fraction of sp³-hybridized carbons (Fsp3) is 0.667. The number of nitrogens with zero attached hydrogens (tertiary/aromatic N) is 1. The lowest BCUT2D eigenvalue weighted by Crippen LogP contribution is -2.04. The molecule has 1 aromatic rings. The summed E-state index contributed by atoms with van der Waals surface area (Å²) in [7, 11) is 1.53.